The topological polar surface area (TPSA) is 30.0 Å². The summed E-state index contributed by atoms with van der Waals surface area (Å²) < 4.78 is 0. The molecule has 15 heavy (non-hydrogen) atoms. The molecule has 0 aliphatic carbocycles. The molecule has 0 aliphatic rings. The molecule has 0 saturated heterocycles. The van der Waals surface area contributed by atoms with Crippen LogP contribution in [0.2, 0.25) is 0 Å². The number of nitrogens with zero attached hydrogens (tertiary/aromatic N) is 1. The average molecular weight is 215 g/mol. The van der Waals surface area contributed by atoms with E-state index in [2.05, 4.69) is 4.98 Å². The van der Waals surface area contributed by atoms with Gasteiger partial charge in [0.2, 0.25) is 0 Å². The number of thiophene rings is 1. The van der Waals surface area contributed by atoms with Crippen molar-refractivity contribution in [1.29, 1.82) is 0 Å². The van der Waals surface area contributed by atoms with Crippen LogP contribution in [0.3, 0.4) is 0 Å². The molecule has 0 radical (unpaired) electrons. The van der Waals surface area contributed by atoms with Gasteiger partial charge in [-0.1, -0.05) is 6.07 Å². The van der Waals surface area contributed by atoms with Gasteiger partial charge in [-0.3, -0.25) is 9.78 Å². The SMILES string of the molecule is O=C(C=Cc1ccccn1)c1ccsc1. The third-order valence-electron chi connectivity index (χ3n) is 1.90. The number of ketones is 1. The normalized spacial score (nSPS) is 10.7. The molecule has 74 valence electrons. The van der Waals surface area contributed by atoms with Crippen molar-refractivity contribution in [3.8, 4) is 0 Å². The molecule has 2 heterocycles. The molecular formula is C12H9NOS. The van der Waals surface area contributed by atoms with Gasteiger partial charge in [-0.2, -0.15) is 11.3 Å². The minimum Gasteiger partial charge on any atom is -0.289 e. The molecule has 2 aromatic heterocycles. The maximum atomic E-state index is 11.6. The summed E-state index contributed by atoms with van der Waals surface area (Å²) >= 11 is 1.52. The Morgan fingerprint density at radius 2 is 2.27 bits per heavy atom. The molecule has 0 atom stereocenters. The second kappa shape index (κ2) is 4.66. The fourth-order valence-corrected chi connectivity index (χ4v) is 1.78. The van der Waals surface area contributed by atoms with Gasteiger partial charge in [0.1, 0.15) is 0 Å². The average Bonchev–Trinajstić information content (AvgIpc) is 2.81. The lowest BCUT2D eigenvalue weighted by Gasteiger charge is -1.90. The molecule has 0 aliphatic heterocycles. The van der Waals surface area contributed by atoms with Crippen molar-refractivity contribution >= 4 is 23.2 Å². The van der Waals surface area contributed by atoms with Gasteiger partial charge in [0.25, 0.3) is 0 Å². The van der Waals surface area contributed by atoms with Crippen LogP contribution < -0.4 is 0 Å². The van der Waals surface area contributed by atoms with Crippen LogP contribution in [0.15, 0.2) is 47.3 Å². The summed E-state index contributed by atoms with van der Waals surface area (Å²) in [5.41, 5.74) is 1.52. The van der Waals surface area contributed by atoms with Crippen molar-refractivity contribution < 1.29 is 4.79 Å². The summed E-state index contributed by atoms with van der Waals surface area (Å²) in [5.74, 6) is 0.0157. The van der Waals surface area contributed by atoms with E-state index in [0.717, 1.165) is 11.3 Å². The number of pyridine rings is 1. The van der Waals surface area contributed by atoms with Crippen LogP contribution in [0.5, 0.6) is 0 Å². The highest BCUT2D eigenvalue weighted by Crippen LogP contribution is 2.08. The monoisotopic (exact) mass is 215 g/mol. The summed E-state index contributed by atoms with van der Waals surface area (Å²) in [6.45, 7) is 0. The molecule has 3 heteroatoms. The number of allylic oxidation sites excluding steroid dienone is 1. The molecule has 2 aromatic rings. The molecule has 0 saturated carbocycles. The maximum Gasteiger partial charge on any atom is 0.186 e. The smallest absolute Gasteiger partial charge is 0.186 e. The zero-order valence-corrected chi connectivity index (χ0v) is 8.78. The van der Waals surface area contributed by atoms with E-state index in [4.69, 9.17) is 0 Å². The van der Waals surface area contributed by atoms with Crippen molar-refractivity contribution in [3.63, 3.8) is 0 Å². The van der Waals surface area contributed by atoms with Crippen LogP contribution >= 0.6 is 11.3 Å². The highest BCUT2D eigenvalue weighted by atomic mass is 32.1. The molecule has 2 nitrogen and oxygen atoms in total. The molecule has 0 N–H and O–H groups in total. The number of hydrogen-bond acceptors (Lipinski definition) is 3. The minimum absolute atomic E-state index is 0.0157. The van der Waals surface area contributed by atoms with Crippen LogP contribution in [0.4, 0.5) is 0 Å². The van der Waals surface area contributed by atoms with Gasteiger partial charge in [0, 0.05) is 17.1 Å². The van der Waals surface area contributed by atoms with Gasteiger partial charge >= 0.3 is 0 Å². The van der Waals surface area contributed by atoms with E-state index in [1.54, 1.807) is 18.3 Å². The van der Waals surface area contributed by atoms with Gasteiger partial charge in [-0.15, -0.1) is 0 Å². The van der Waals surface area contributed by atoms with E-state index in [1.165, 1.54) is 11.3 Å². The lowest BCUT2D eigenvalue weighted by molar-refractivity contribution is 0.104. The Bertz CT molecular complexity index is 460. The first-order chi connectivity index (χ1) is 7.36. The van der Waals surface area contributed by atoms with Crippen molar-refractivity contribution in [2.24, 2.45) is 0 Å². The predicted molar refractivity (Wildman–Crippen MR) is 61.9 cm³/mol. The predicted octanol–water partition coefficient (Wildman–Crippen LogP) is 3.04. The van der Waals surface area contributed by atoms with Gasteiger partial charge < -0.3 is 0 Å². The lowest BCUT2D eigenvalue weighted by atomic mass is 10.2. The molecule has 0 spiro atoms. The Morgan fingerprint density at radius 3 is 2.93 bits per heavy atom. The third-order valence-corrected chi connectivity index (χ3v) is 2.58. The van der Waals surface area contributed by atoms with Gasteiger partial charge in [-0.25, -0.2) is 0 Å². The summed E-state index contributed by atoms with van der Waals surface area (Å²) in [6, 6.07) is 7.41. The molecule has 2 rings (SSSR count). The van der Waals surface area contributed by atoms with E-state index in [1.807, 2.05) is 35.0 Å². The second-order valence-electron chi connectivity index (χ2n) is 2.96. The number of carbonyl (C=O) groups is 1. The fourth-order valence-electron chi connectivity index (χ4n) is 1.14. The highest BCUT2D eigenvalue weighted by molar-refractivity contribution is 7.08. The van der Waals surface area contributed by atoms with Crippen molar-refractivity contribution in [2.45, 2.75) is 0 Å². The first-order valence-corrected chi connectivity index (χ1v) is 5.46. The standard InChI is InChI=1S/C12H9NOS/c14-12(10-6-8-15-9-10)5-4-11-3-1-2-7-13-11/h1-9H. The van der Waals surface area contributed by atoms with E-state index in [0.29, 0.717) is 0 Å². The summed E-state index contributed by atoms with van der Waals surface area (Å²) in [5, 5.41) is 3.73. The summed E-state index contributed by atoms with van der Waals surface area (Å²) in [6.07, 6.45) is 4.97. The van der Waals surface area contributed by atoms with Gasteiger partial charge in [-0.05, 0) is 35.7 Å². The van der Waals surface area contributed by atoms with Crippen LogP contribution in [-0.4, -0.2) is 10.8 Å². The van der Waals surface area contributed by atoms with Crippen LogP contribution in [-0.2, 0) is 0 Å². The highest BCUT2D eigenvalue weighted by Gasteiger charge is 2.00. The van der Waals surface area contributed by atoms with Gasteiger partial charge in [0.05, 0.1) is 5.69 Å². The Hall–Kier alpha value is -1.74. The molecule has 0 amide bonds. The number of carbonyl (C=O) groups excluding carboxylic acids is 1. The van der Waals surface area contributed by atoms with E-state index < -0.39 is 0 Å². The van der Waals surface area contributed by atoms with Crippen molar-refractivity contribution in [3.05, 3.63) is 58.6 Å². The molecule has 0 aromatic carbocycles. The Balaban J connectivity index is 2.10. The zero-order chi connectivity index (χ0) is 10.5. The van der Waals surface area contributed by atoms with E-state index in [-0.39, 0.29) is 5.78 Å². The van der Waals surface area contributed by atoms with E-state index in [9.17, 15) is 4.79 Å². The zero-order valence-electron chi connectivity index (χ0n) is 7.96. The molecule has 0 bridgehead atoms. The molecule has 0 unspecified atom stereocenters. The largest absolute Gasteiger partial charge is 0.289 e. The quantitative estimate of drug-likeness (QED) is 0.582. The van der Waals surface area contributed by atoms with Crippen molar-refractivity contribution in [1.82, 2.24) is 4.98 Å². The second-order valence-corrected chi connectivity index (χ2v) is 3.74. The van der Waals surface area contributed by atoms with Crippen LogP contribution in [0, 0.1) is 0 Å². The Kier molecular flexibility index (Phi) is 3.05. The Labute approximate surface area is 91.9 Å². The van der Waals surface area contributed by atoms with Crippen LogP contribution in [0.1, 0.15) is 16.1 Å². The molecular weight excluding hydrogens is 206 g/mol. The lowest BCUT2D eigenvalue weighted by Crippen LogP contribution is -1.90. The van der Waals surface area contributed by atoms with Crippen LogP contribution in [0.25, 0.3) is 6.08 Å². The summed E-state index contributed by atoms with van der Waals surface area (Å²) in [4.78, 5) is 15.7. The Morgan fingerprint density at radius 1 is 1.33 bits per heavy atom. The summed E-state index contributed by atoms with van der Waals surface area (Å²) in [7, 11) is 0. The molecule has 0 fully saturated rings. The van der Waals surface area contributed by atoms with E-state index >= 15 is 0 Å². The van der Waals surface area contributed by atoms with Gasteiger partial charge in [0.15, 0.2) is 5.78 Å². The minimum atomic E-state index is 0.0157. The number of aromatic nitrogens is 1. The van der Waals surface area contributed by atoms with Crippen molar-refractivity contribution in [2.75, 3.05) is 0 Å². The number of rotatable bonds is 3. The fraction of sp³-hybridized carbons (Fsp3) is 0. The maximum absolute atomic E-state index is 11.6. The third kappa shape index (κ3) is 2.60. The first kappa shape index (κ1) is 9.80. The number of hydrogen-bond donors (Lipinski definition) is 0. The first-order valence-electron chi connectivity index (χ1n) is 4.52.